The third kappa shape index (κ3) is 1.15. The lowest BCUT2D eigenvalue weighted by molar-refractivity contribution is 0.122. The van der Waals surface area contributed by atoms with Crippen molar-refractivity contribution in [2.24, 2.45) is 0 Å². The summed E-state index contributed by atoms with van der Waals surface area (Å²) in [6.07, 6.45) is 2.63. The lowest BCUT2D eigenvalue weighted by Gasteiger charge is -2.04. The Bertz CT molecular complexity index is 258. The van der Waals surface area contributed by atoms with Gasteiger partial charge in [-0.3, -0.25) is 0 Å². The third-order valence-electron chi connectivity index (χ3n) is 2.13. The summed E-state index contributed by atoms with van der Waals surface area (Å²) < 4.78 is 10.6. The highest BCUT2D eigenvalue weighted by Gasteiger charge is 2.57. The van der Waals surface area contributed by atoms with E-state index >= 15 is 0 Å². The summed E-state index contributed by atoms with van der Waals surface area (Å²) in [5, 5.41) is 0. The maximum absolute atomic E-state index is 6.24. The Morgan fingerprint density at radius 3 is 3.25 bits per heavy atom. The van der Waals surface area contributed by atoms with Gasteiger partial charge in [-0.1, -0.05) is 0 Å². The molecule has 2 unspecified atom stereocenters. The van der Waals surface area contributed by atoms with E-state index in [0.29, 0.717) is 6.61 Å². The maximum atomic E-state index is 6.24. The van der Waals surface area contributed by atoms with E-state index in [2.05, 4.69) is 0 Å². The van der Waals surface area contributed by atoms with Gasteiger partial charge in [0.2, 0.25) is 0 Å². The molecule has 2 rings (SSSR count). The Balaban J connectivity index is 2.07. The van der Waals surface area contributed by atoms with Crippen LogP contribution in [0.3, 0.4) is 0 Å². The molecule has 0 saturated heterocycles. The molecule has 1 fully saturated rings. The Labute approximate surface area is 76.5 Å². The first-order chi connectivity index (χ1) is 5.77. The zero-order chi connectivity index (χ0) is 8.60. The van der Waals surface area contributed by atoms with Crippen LogP contribution in [0.5, 0.6) is 0 Å². The van der Waals surface area contributed by atoms with Crippen molar-refractivity contribution in [1.29, 1.82) is 0 Å². The molecule has 2 nitrogen and oxygen atoms in total. The lowest BCUT2D eigenvalue weighted by atomic mass is 10.3. The number of hydrogen-bond donors (Lipinski definition) is 0. The van der Waals surface area contributed by atoms with Gasteiger partial charge in [0.1, 0.15) is 10.6 Å². The van der Waals surface area contributed by atoms with Crippen LogP contribution in [0.25, 0.3) is 0 Å². The van der Waals surface area contributed by atoms with Crippen LogP contribution in [0.1, 0.15) is 19.1 Å². The quantitative estimate of drug-likeness (QED) is 0.677. The van der Waals surface area contributed by atoms with Gasteiger partial charge in [0.25, 0.3) is 0 Å². The number of alkyl halides is 1. The zero-order valence-electron chi connectivity index (χ0n) is 6.92. The Morgan fingerprint density at radius 1 is 1.83 bits per heavy atom. The van der Waals surface area contributed by atoms with Gasteiger partial charge in [-0.2, -0.15) is 0 Å². The van der Waals surface area contributed by atoms with Crippen LogP contribution >= 0.6 is 11.6 Å². The minimum absolute atomic E-state index is 0.135. The Kier molecular flexibility index (Phi) is 1.89. The average molecular weight is 187 g/mol. The van der Waals surface area contributed by atoms with Crippen molar-refractivity contribution in [3.8, 4) is 0 Å². The molecule has 1 aliphatic carbocycles. The van der Waals surface area contributed by atoms with Crippen molar-refractivity contribution in [3.05, 3.63) is 24.2 Å². The lowest BCUT2D eigenvalue weighted by Crippen LogP contribution is -2.06. The van der Waals surface area contributed by atoms with Crippen LogP contribution in [-0.2, 0) is 9.61 Å². The number of rotatable bonds is 3. The minimum Gasteiger partial charge on any atom is -0.467 e. The van der Waals surface area contributed by atoms with E-state index in [1.54, 1.807) is 6.26 Å². The van der Waals surface area contributed by atoms with Crippen LogP contribution in [-0.4, -0.2) is 12.7 Å². The molecule has 1 saturated carbocycles. The number of ether oxygens (including phenoxy) is 1. The molecule has 0 aromatic carbocycles. The van der Waals surface area contributed by atoms with E-state index < -0.39 is 0 Å². The van der Waals surface area contributed by atoms with Crippen molar-refractivity contribution in [3.63, 3.8) is 0 Å². The molecule has 66 valence electrons. The fourth-order valence-electron chi connectivity index (χ4n) is 1.38. The molecule has 1 aromatic heterocycles. The van der Waals surface area contributed by atoms with E-state index in [-0.39, 0.29) is 11.0 Å². The first-order valence-electron chi connectivity index (χ1n) is 4.12. The van der Waals surface area contributed by atoms with Gasteiger partial charge < -0.3 is 9.15 Å². The van der Waals surface area contributed by atoms with Gasteiger partial charge in [0, 0.05) is 13.0 Å². The Morgan fingerprint density at radius 2 is 2.67 bits per heavy atom. The van der Waals surface area contributed by atoms with Crippen molar-refractivity contribution >= 4 is 11.6 Å². The molecule has 0 spiro atoms. The highest BCUT2D eigenvalue weighted by Crippen LogP contribution is 2.54. The van der Waals surface area contributed by atoms with Crippen molar-refractivity contribution in [2.75, 3.05) is 6.61 Å². The largest absolute Gasteiger partial charge is 0.467 e. The predicted octanol–water partition coefficient (Wildman–Crippen LogP) is 2.52. The fraction of sp³-hybridized carbons (Fsp3) is 0.556. The molecule has 2 atom stereocenters. The van der Waals surface area contributed by atoms with E-state index in [4.69, 9.17) is 20.8 Å². The van der Waals surface area contributed by atoms with Gasteiger partial charge in [-0.05, 0) is 19.1 Å². The third-order valence-corrected chi connectivity index (χ3v) is 2.72. The summed E-state index contributed by atoms with van der Waals surface area (Å²) in [5.41, 5.74) is 0. The second kappa shape index (κ2) is 2.79. The van der Waals surface area contributed by atoms with Gasteiger partial charge >= 0.3 is 0 Å². The smallest absolute Gasteiger partial charge is 0.131 e. The SMILES string of the molecule is CCOC1CC1(Cl)c1ccco1. The molecule has 0 bridgehead atoms. The molecule has 0 amide bonds. The zero-order valence-corrected chi connectivity index (χ0v) is 7.67. The van der Waals surface area contributed by atoms with Crippen molar-refractivity contribution < 1.29 is 9.15 Å². The van der Waals surface area contributed by atoms with E-state index in [1.165, 1.54) is 0 Å². The van der Waals surface area contributed by atoms with Gasteiger partial charge in [-0.15, -0.1) is 11.6 Å². The summed E-state index contributed by atoms with van der Waals surface area (Å²) >= 11 is 6.24. The van der Waals surface area contributed by atoms with Gasteiger partial charge in [-0.25, -0.2) is 0 Å². The minimum atomic E-state index is -0.375. The van der Waals surface area contributed by atoms with Gasteiger partial charge in [0.15, 0.2) is 0 Å². The first-order valence-corrected chi connectivity index (χ1v) is 4.49. The summed E-state index contributed by atoms with van der Waals surface area (Å²) in [7, 11) is 0. The molecule has 1 heterocycles. The van der Waals surface area contributed by atoms with Crippen LogP contribution in [0, 0.1) is 0 Å². The summed E-state index contributed by atoms with van der Waals surface area (Å²) in [4.78, 5) is -0.375. The molecule has 3 heteroatoms. The highest BCUT2D eigenvalue weighted by atomic mass is 35.5. The highest BCUT2D eigenvalue weighted by molar-refractivity contribution is 6.26. The maximum Gasteiger partial charge on any atom is 0.131 e. The number of hydrogen-bond acceptors (Lipinski definition) is 2. The normalized spacial score (nSPS) is 33.7. The molecular weight excluding hydrogens is 176 g/mol. The molecule has 12 heavy (non-hydrogen) atoms. The summed E-state index contributed by atoms with van der Waals surface area (Å²) in [6, 6.07) is 3.74. The second-order valence-corrected chi connectivity index (χ2v) is 3.66. The van der Waals surface area contributed by atoms with Gasteiger partial charge in [0.05, 0.1) is 12.4 Å². The van der Waals surface area contributed by atoms with E-state index in [9.17, 15) is 0 Å². The molecule has 0 radical (unpaired) electrons. The molecule has 1 aromatic rings. The fourth-order valence-corrected chi connectivity index (χ4v) is 1.69. The Hall–Kier alpha value is -0.470. The molecular formula is C9H11ClO2. The van der Waals surface area contributed by atoms with Crippen LogP contribution in [0.2, 0.25) is 0 Å². The van der Waals surface area contributed by atoms with E-state index in [1.807, 2.05) is 19.1 Å². The van der Waals surface area contributed by atoms with E-state index in [0.717, 1.165) is 12.2 Å². The number of furan rings is 1. The average Bonchev–Trinajstić information content (AvgIpc) is 2.57. The van der Waals surface area contributed by atoms with Crippen LogP contribution in [0.4, 0.5) is 0 Å². The van der Waals surface area contributed by atoms with Crippen LogP contribution in [0.15, 0.2) is 22.8 Å². The summed E-state index contributed by atoms with van der Waals surface area (Å²) in [6.45, 7) is 2.68. The molecule has 0 aliphatic heterocycles. The van der Waals surface area contributed by atoms with Crippen LogP contribution < -0.4 is 0 Å². The predicted molar refractivity (Wildman–Crippen MR) is 46.3 cm³/mol. The standard InChI is InChI=1S/C9H11ClO2/c1-2-11-8-6-9(8,10)7-4-3-5-12-7/h3-5,8H,2,6H2,1H3. The molecule has 0 N–H and O–H groups in total. The monoisotopic (exact) mass is 186 g/mol. The van der Waals surface area contributed by atoms with Crippen molar-refractivity contribution in [2.45, 2.75) is 24.3 Å². The first kappa shape index (κ1) is 8.14. The van der Waals surface area contributed by atoms with Crippen molar-refractivity contribution in [1.82, 2.24) is 0 Å². The molecule has 1 aliphatic rings. The topological polar surface area (TPSA) is 22.4 Å². The summed E-state index contributed by atoms with van der Waals surface area (Å²) in [5.74, 6) is 0.822. The number of halogens is 1. The second-order valence-electron chi connectivity index (χ2n) is 2.99.